The number of nitrogens with zero attached hydrogens (tertiary/aromatic N) is 1. The molecule has 1 unspecified atom stereocenters. The highest BCUT2D eigenvalue weighted by Gasteiger charge is 2.18. The third-order valence-electron chi connectivity index (χ3n) is 5.74. The Morgan fingerprint density at radius 1 is 1.00 bits per heavy atom. The number of pyridine rings is 1. The fourth-order valence-corrected chi connectivity index (χ4v) is 5.27. The number of thioether (sulfide) groups is 2. The van der Waals surface area contributed by atoms with Crippen LogP contribution in [0.25, 0.3) is 0 Å². The van der Waals surface area contributed by atoms with E-state index in [9.17, 15) is 4.79 Å². The number of aryl methyl sites for hydroxylation is 4. The summed E-state index contributed by atoms with van der Waals surface area (Å²) in [5, 5.41) is 7.03. The second-order valence-corrected chi connectivity index (χ2v) is 9.91. The maximum absolute atomic E-state index is 12.9. The van der Waals surface area contributed by atoms with E-state index >= 15 is 0 Å². The van der Waals surface area contributed by atoms with Crippen LogP contribution < -0.4 is 10.6 Å². The van der Waals surface area contributed by atoms with Crippen LogP contribution in [0.4, 0.5) is 10.5 Å². The molecule has 2 aromatic carbocycles. The minimum Gasteiger partial charge on any atom is -0.337 e. The van der Waals surface area contributed by atoms with Crippen LogP contribution in [-0.2, 0) is 6.42 Å². The summed E-state index contributed by atoms with van der Waals surface area (Å²) in [5.74, 6) is 0.229. The van der Waals surface area contributed by atoms with Gasteiger partial charge in [-0.05, 0) is 68.9 Å². The largest absolute Gasteiger partial charge is 0.337 e. The van der Waals surface area contributed by atoms with Crippen LogP contribution in [0.1, 0.15) is 40.3 Å². The molecule has 0 saturated carbocycles. The highest BCUT2D eigenvalue weighted by Crippen LogP contribution is 2.33. The lowest BCUT2D eigenvalue weighted by Crippen LogP contribution is -2.33. The van der Waals surface area contributed by atoms with E-state index in [0.717, 1.165) is 34.1 Å². The first kappa shape index (κ1) is 25.2. The first-order chi connectivity index (χ1) is 15.9. The molecule has 33 heavy (non-hydrogen) atoms. The van der Waals surface area contributed by atoms with E-state index in [0.29, 0.717) is 6.54 Å². The summed E-state index contributed by atoms with van der Waals surface area (Å²) in [7, 11) is 0. The molecule has 0 aliphatic carbocycles. The summed E-state index contributed by atoms with van der Waals surface area (Å²) in [6, 6.07) is 18.9. The molecule has 0 saturated heterocycles. The van der Waals surface area contributed by atoms with Crippen molar-refractivity contribution in [3.63, 3.8) is 0 Å². The normalized spacial score (nSPS) is 11.8. The average molecular weight is 480 g/mol. The molecule has 6 heteroatoms. The number of benzene rings is 2. The molecule has 2 amide bonds. The molecule has 174 valence electrons. The molecule has 1 atom stereocenters. The standard InChI is InChI=1S/C27H33N3OS2/c1-18-11-12-19(2)23(15-18)22(14-13-21-9-7-6-8-10-21)17-28-27(31)30-25-24(32-4)16-20(3)29-26(25)33-5/h6-12,15-16,22H,13-14,17H2,1-5H3,(H2,28,30,31). The van der Waals surface area contributed by atoms with E-state index in [1.54, 1.807) is 23.5 Å². The maximum Gasteiger partial charge on any atom is 0.319 e. The van der Waals surface area contributed by atoms with Crippen molar-refractivity contribution in [2.75, 3.05) is 24.4 Å². The topological polar surface area (TPSA) is 54.0 Å². The Kier molecular flexibility index (Phi) is 9.27. The van der Waals surface area contributed by atoms with Crippen LogP contribution >= 0.6 is 23.5 Å². The number of aromatic nitrogens is 1. The second-order valence-electron chi connectivity index (χ2n) is 8.27. The fourth-order valence-electron chi connectivity index (χ4n) is 3.97. The quantitative estimate of drug-likeness (QED) is 0.325. The zero-order chi connectivity index (χ0) is 23.8. The van der Waals surface area contributed by atoms with Gasteiger partial charge in [0, 0.05) is 23.1 Å². The lowest BCUT2D eigenvalue weighted by Gasteiger charge is -2.22. The van der Waals surface area contributed by atoms with Gasteiger partial charge in [-0.1, -0.05) is 54.1 Å². The number of rotatable bonds is 9. The zero-order valence-electron chi connectivity index (χ0n) is 20.1. The van der Waals surface area contributed by atoms with Crippen molar-refractivity contribution in [2.24, 2.45) is 0 Å². The molecule has 0 spiro atoms. The lowest BCUT2D eigenvalue weighted by molar-refractivity contribution is 0.251. The summed E-state index contributed by atoms with van der Waals surface area (Å²) in [6.07, 6.45) is 5.93. The first-order valence-electron chi connectivity index (χ1n) is 11.2. The number of anilines is 1. The van der Waals surface area contributed by atoms with Gasteiger partial charge in [0.25, 0.3) is 0 Å². The number of nitrogens with one attached hydrogen (secondary N) is 2. The maximum atomic E-state index is 12.9. The third kappa shape index (κ3) is 7.02. The van der Waals surface area contributed by atoms with Gasteiger partial charge < -0.3 is 10.6 Å². The van der Waals surface area contributed by atoms with Gasteiger partial charge in [-0.2, -0.15) is 0 Å². The smallest absolute Gasteiger partial charge is 0.319 e. The Labute approximate surface area is 206 Å². The summed E-state index contributed by atoms with van der Waals surface area (Å²) in [5.41, 5.74) is 6.86. The van der Waals surface area contributed by atoms with E-state index < -0.39 is 0 Å². The molecule has 0 bridgehead atoms. The highest BCUT2D eigenvalue weighted by atomic mass is 32.2. The van der Waals surface area contributed by atoms with Crippen molar-refractivity contribution in [1.29, 1.82) is 0 Å². The molecular formula is C27H33N3OS2. The van der Waals surface area contributed by atoms with Crippen molar-refractivity contribution in [1.82, 2.24) is 10.3 Å². The number of hydrogen-bond acceptors (Lipinski definition) is 4. The Bertz CT molecular complexity index is 1060. The van der Waals surface area contributed by atoms with Crippen molar-refractivity contribution in [2.45, 2.75) is 49.5 Å². The van der Waals surface area contributed by atoms with Gasteiger partial charge in [0.05, 0.1) is 5.69 Å². The minimum absolute atomic E-state index is 0.193. The number of carbonyl (C=O) groups is 1. The van der Waals surface area contributed by atoms with Gasteiger partial charge in [-0.15, -0.1) is 23.5 Å². The van der Waals surface area contributed by atoms with Gasteiger partial charge in [-0.25, -0.2) is 9.78 Å². The molecule has 0 aliphatic rings. The summed E-state index contributed by atoms with van der Waals surface area (Å²) >= 11 is 3.16. The molecule has 0 fully saturated rings. The molecule has 4 nitrogen and oxygen atoms in total. The Hall–Kier alpha value is -2.44. The predicted molar refractivity (Wildman–Crippen MR) is 143 cm³/mol. The van der Waals surface area contributed by atoms with Crippen molar-refractivity contribution in [3.05, 3.63) is 82.5 Å². The Morgan fingerprint density at radius 2 is 1.76 bits per heavy atom. The van der Waals surface area contributed by atoms with Crippen LogP contribution in [0.15, 0.2) is 64.5 Å². The Balaban J connectivity index is 1.75. The average Bonchev–Trinajstić information content (AvgIpc) is 2.82. The van der Waals surface area contributed by atoms with E-state index in [-0.39, 0.29) is 11.9 Å². The van der Waals surface area contributed by atoms with Gasteiger partial charge in [0.2, 0.25) is 0 Å². The number of amides is 2. The van der Waals surface area contributed by atoms with E-state index in [2.05, 4.69) is 71.9 Å². The van der Waals surface area contributed by atoms with Crippen molar-refractivity contribution >= 4 is 35.2 Å². The van der Waals surface area contributed by atoms with Gasteiger partial charge >= 0.3 is 6.03 Å². The number of urea groups is 1. The van der Waals surface area contributed by atoms with Crippen LogP contribution in [0.3, 0.4) is 0 Å². The monoisotopic (exact) mass is 479 g/mol. The lowest BCUT2D eigenvalue weighted by atomic mass is 9.88. The van der Waals surface area contributed by atoms with E-state index in [4.69, 9.17) is 0 Å². The molecule has 1 heterocycles. The third-order valence-corrected chi connectivity index (χ3v) is 7.18. The number of carbonyl (C=O) groups excluding carboxylic acids is 1. The molecule has 3 aromatic rings. The van der Waals surface area contributed by atoms with E-state index in [1.165, 1.54) is 22.3 Å². The van der Waals surface area contributed by atoms with Crippen LogP contribution in [0, 0.1) is 20.8 Å². The summed E-state index contributed by atoms with van der Waals surface area (Å²) in [4.78, 5) is 18.5. The molecule has 1 aromatic heterocycles. The predicted octanol–water partition coefficient (Wildman–Crippen LogP) is 6.99. The van der Waals surface area contributed by atoms with Crippen molar-refractivity contribution in [3.8, 4) is 0 Å². The minimum atomic E-state index is -0.193. The zero-order valence-corrected chi connectivity index (χ0v) is 21.7. The van der Waals surface area contributed by atoms with Gasteiger partial charge in [-0.3, -0.25) is 0 Å². The summed E-state index contributed by atoms with van der Waals surface area (Å²) < 4.78 is 0. The van der Waals surface area contributed by atoms with Crippen molar-refractivity contribution < 1.29 is 4.79 Å². The molecular weight excluding hydrogens is 446 g/mol. The van der Waals surface area contributed by atoms with Gasteiger partial charge in [0.15, 0.2) is 0 Å². The molecule has 2 N–H and O–H groups in total. The molecule has 0 radical (unpaired) electrons. The highest BCUT2D eigenvalue weighted by molar-refractivity contribution is 7.99. The van der Waals surface area contributed by atoms with Gasteiger partial charge in [0.1, 0.15) is 5.03 Å². The van der Waals surface area contributed by atoms with Crippen LogP contribution in [0.2, 0.25) is 0 Å². The van der Waals surface area contributed by atoms with E-state index in [1.807, 2.05) is 31.6 Å². The molecule has 3 rings (SSSR count). The molecule has 0 aliphatic heterocycles. The second kappa shape index (κ2) is 12.1. The van der Waals surface area contributed by atoms with Crippen LogP contribution in [-0.4, -0.2) is 30.1 Å². The SMILES string of the molecule is CSc1cc(C)nc(SC)c1NC(=O)NCC(CCc1ccccc1)c1cc(C)ccc1C. The van der Waals surface area contributed by atoms with Crippen LogP contribution in [0.5, 0.6) is 0 Å². The fraction of sp³-hybridized carbons (Fsp3) is 0.333. The number of hydrogen-bond donors (Lipinski definition) is 2. The Morgan fingerprint density at radius 3 is 2.45 bits per heavy atom. The first-order valence-corrected chi connectivity index (χ1v) is 13.6. The summed E-state index contributed by atoms with van der Waals surface area (Å²) in [6.45, 7) is 6.82.